The normalized spacial score (nSPS) is 46.0. The summed E-state index contributed by atoms with van der Waals surface area (Å²) in [6.07, 6.45) is 20.5. The van der Waals surface area contributed by atoms with Crippen molar-refractivity contribution in [2.75, 3.05) is 26.2 Å². The van der Waals surface area contributed by atoms with E-state index in [1.807, 2.05) is 0 Å². The molecule has 15 aliphatic rings. The van der Waals surface area contributed by atoms with Crippen LogP contribution in [0.5, 0.6) is 0 Å². The van der Waals surface area contributed by atoms with Crippen molar-refractivity contribution in [1.29, 1.82) is 0 Å². The molecule has 2 aromatic carbocycles. The van der Waals surface area contributed by atoms with Crippen LogP contribution in [0.15, 0.2) is 88.9 Å². The van der Waals surface area contributed by atoms with Crippen molar-refractivity contribution in [2.24, 2.45) is 69.8 Å². The van der Waals surface area contributed by atoms with E-state index >= 15 is 4.79 Å². The zero-order valence-electron chi connectivity index (χ0n) is 36.7. The summed E-state index contributed by atoms with van der Waals surface area (Å²) in [4.78, 5) is 36.9. The second kappa shape index (κ2) is 12.9. The number of nitrogens with zero attached hydrogens (tertiary/aromatic N) is 2. The second-order valence-electron chi connectivity index (χ2n) is 22.5. The molecule has 17 rings (SSSR count). The molecule has 7 heteroatoms. The maximum atomic E-state index is 16.2. The Bertz CT molecular complexity index is 2480. The van der Waals surface area contributed by atoms with Crippen molar-refractivity contribution in [3.8, 4) is 0 Å². The molecule has 322 valence electrons. The van der Waals surface area contributed by atoms with Gasteiger partial charge in [0.05, 0.1) is 11.0 Å². The summed E-state index contributed by atoms with van der Waals surface area (Å²) in [5.41, 5.74) is 15.4. The van der Waals surface area contributed by atoms with Crippen molar-refractivity contribution in [1.82, 2.24) is 9.80 Å². The molecule has 3 saturated heterocycles. The van der Waals surface area contributed by atoms with Gasteiger partial charge in [-0.05, 0) is 161 Å². The van der Waals surface area contributed by atoms with E-state index in [4.69, 9.17) is 15.2 Å². The Kier molecular flexibility index (Phi) is 7.77. The summed E-state index contributed by atoms with van der Waals surface area (Å²) < 4.78 is 14.4. The van der Waals surface area contributed by atoms with E-state index in [9.17, 15) is 4.79 Å². The number of carbonyl (C=O) groups excluding carboxylic acids is 2. The maximum Gasteiger partial charge on any atom is 0.339 e. The van der Waals surface area contributed by atoms with Crippen molar-refractivity contribution in [3.63, 3.8) is 0 Å². The lowest BCUT2D eigenvalue weighted by molar-refractivity contribution is -0.282. The van der Waals surface area contributed by atoms with Gasteiger partial charge in [0.2, 0.25) is 0 Å². The van der Waals surface area contributed by atoms with Crippen LogP contribution in [-0.2, 0) is 39.1 Å². The van der Waals surface area contributed by atoms with Gasteiger partial charge in [-0.3, -0.25) is 9.69 Å². The monoisotopic (exact) mass is 829 g/mol. The standard InChI is InChI=1S/C55H63N3O4/c1-30-22-37-15-17-43-38-24-35-27-57(29-38)31(2)11-18-45-53-20-19-40-48(50(37)58(43)28-35)46(30)41-25-34-7-3-6-32(23-34)12-13-33-14-16-39(41)49(40)54(53,52(60)61-45)44(26-33)55(53)42-10-4-8-36(9-5-21-56)47(42)51(59)62-55/h3-4,6-8,10,14,16,18,23,30-31,33,35,38-39,41,43-44,46,48H,5,9,11-13,15,17,19-22,24-29,56H2,1-2H3/b16-14-,45-18+/t30-,31+,33-,35+,38-,39+,41+,43-,44+,46-,48+,53-,54-,55-/m1/s1. The van der Waals surface area contributed by atoms with Crippen LogP contribution in [0.25, 0.3) is 0 Å². The third-order valence-electron chi connectivity index (χ3n) is 20.1. The third-order valence-corrected chi connectivity index (χ3v) is 20.1. The highest BCUT2D eigenvalue weighted by Gasteiger charge is 2.93. The molecule has 6 aliphatic carbocycles. The number of esters is 2. The zero-order valence-corrected chi connectivity index (χ0v) is 36.7. The quantitative estimate of drug-likeness (QED) is 0.245. The van der Waals surface area contributed by atoms with Crippen molar-refractivity contribution >= 4 is 11.9 Å². The highest BCUT2D eigenvalue weighted by atomic mass is 16.6. The van der Waals surface area contributed by atoms with Gasteiger partial charge in [0.25, 0.3) is 0 Å². The van der Waals surface area contributed by atoms with Gasteiger partial charge in [-0.25, -0.2) is 4.79 Å². The molecular formula is C55H63N3O4. The number of piperidine rings is 2. The molecule has 62 heavy (non-hydrogen) atoms. The van der Waals surface area contributed by atoms with Gasteiger partial charge >= 0.3 is 11.9 Å². The van der Waals surface area contributed by atoms with Crippen LogP contribution in [0.1, 0.15) is 111 Å². The van der Waals surface area contributed by atoms with Crippen LogP contribution >= 0.6 is 0 Å². The van der Waals surface area contributed by atoms with Crippen molar-refractivity contribution in [2.45, 2.75) is 115 Å². The Balaban J connectivity index is 1.09. The van der Waals surface area contributed by atoms with Gasteiger partial charge in [-0.2, -0.15) is 0 Å². The highest BCUT2D eigenvalue weighted by molar-refractivity contribution is 6.00. The fourth-order valence-electron chi connectivity index (χ4n) is 18.2. The average Bonchev–Trinajstić information content (AvgIpc) is 3.71. The lowest BCUT2D eigenvalue weighted by Gasteiger charge is -2.73. The molecule has 3 spiro atoms. The first-order valence-corrected chi connectivity index (χ1v) is 25.0. The van der Waals surface area contributed by atoms with Crippen LogP contribution in [0.2, 0.25) is 0 Å². The lowest BCUT2D eigenvalue weighted by Crippen LogP contribution is -2.78. The van der Waals surface area contributed by atoms with Crippen LogP contribution in [-0.4, -0.2) is 60.0 Å². The Morgan fingerprint density at radius 3 is 2.73 bits per heavy atom. The number of ether oxygens (including phenoxy) is 2. The van der Waals surface area contributed by atoms with E-state index in [1.54, 1.807) is 16.8 Å². The largest absolute Gasteiger partial charge is 0.449 e. The van der Waals surface area contributed by atoms with E-state index in [0.717, 1.165) is 93.3 Å². The lowest BCUT2D eigenvalue weighted by atomic mass is 9.27. The van der Waals surface area contributed by atoms with E-state index < -0.39 is 16.4 Å². The first-order valence-electron chi connectivity index (χ1n) is 25.0. The molecule has 2 N–H and O–H groups in total. The molecule has 9 heterocycles. The molecule has 2 aromatic rings. The number of aryl methyl sites for hydroxylation is 2. The summed E-state index contributed by atoms with van der Waals surface area (Å²) >= 11 is 0. The molecule has 0 aromatic heterocycles. The minimum Gasteiger partial charge on any atom is -0.449 e. The summed E-state index contributed by atoms with van der Waals surface area (Å²) in [5.74, 6) is 3.68. The molecule has 0 radical (unpaired) electrons. The summed E-state index contributed by atoms with van der Waals surface area (Å²) in [6, 6.07) is 17.0. The highest BCUT2D eigenvalue weighted by Crippen LogP contribution is 2.88. The summed E-state index contributed by atoms with van der Waals surface area (Å²) in [5, 5.41) is 0. The number of allylic oxidation sites excluding steroid dienone is 4. The Morgan fingerprint density at radius 2 is 1.82 bits per heavy atom. The average molecular weight is 830 g/mol. The third kappa shape index (κ3) is 4.38. The predicted octanol–water partition coefficient (Wildman–Crippen LogP) is 8.82. The molecule has 4 fully saturated rings. The number of benzene rings is 2. The number of carbonyl (C=O) groups is 2. The minimum atomic E-state index is -0.995. The first-order chi connectivity index (χ1) is 30.3. The fraction of sp³-hybridized carbons (Fsp3) is 0.600. The van der Waals surface area contributed by atoms with E-state index in [2.05, 4.69) is 84.3 Å². The van der Waals surface area contributed by atoms with E-state index in [-0.39, 0.29) is 29.7 Å². The number of fused-ring (bicyclic) bond motifs is 7. The van der Waals surface area contributed by atoms with Crippen LogP contribution < -0.4 is 5.73 Å². The van der Waals surface area contributed by atoms with E-state index in [0.29, 0.717) is 54.1 Å². The zero-order chi connectivity index (χ0) is 41.4. The van der Waals surface area contributed by atoms with Crippen LogP contribution in [0.4, 0.5) is 0 Å². The number of hydrogen-bond acceptors (Lipinski definition) is 7. The smallest absolute Gasteiger partial charge is 0.339 e. The fourth-order valence-corrected chi connectivity index (χ4v) is 18.2. The number of hydrogen-bond donors (Lipinski definition) is 1. The van der Waals surface area contributed by atoms with E-state index in [1.165, 1.54) is 48.9 Å². The molecule has 1 unspecified atom stereocenters. The number of rotatable bonds is 3. The Labute approximate surface area is 367 Å². The van der Waals surface area contributed by atoms with Crippen molar-refractivity contribution < 1.29 is 19.1 Å². The van der Waals surface area contributed by atoms with Crippen molar-refractivity contribution in [3.05, 3.63) is 117 Å². The Hall–Kier alpha value is -3.94. The molecule has 7 nitrogen and oxygen atoms in total. The minimum absolute atomic E-state index is 0.0524. The first kappa shape index (κ1) is 37.4. The van der Waals surface area contributed by atoms with Gasteiger partial charge in [0.1, 0.15) is 11.2 Å². The van der Waals surface area contributed by atoms with Crippen LogP contribution in [0.3, 0.4) is 0 Å². The topological polar surface area (TPSA) is 85.1 Å². The second-order valence-corrected chi connectivity index (χ2v) is 22.5. The van der Waals surface area contributed by atoms with Gasteiger partial charge < -0.3 is 20.1 Å². The SMILES string of the molecule is C[C@@H]1CC2=C3[C@H]4C5=C6[C@H]7/C=C\[C@@H](CCc8cccc(c8)C[C@@H]7[C@H]41)C[C@H]1[C@]64C(=O)O/C(=C/C[C@H](C)N6C[C@@H]7C[C@H](C6)[C@@H](CC2)N3C7)[C@@]4(CC5)[C@]12OC(=O)c1c(CCCN)cccc12. The molecule has 9 aliphatic heterocycles. The molecule has 15 atom stereocenters. The Morgan fingerprint density at radius 1 is 0.935 bits per heavy atom. The summed E-state index contributed by atoms with van der Waals surface area (Å²) in [6.45, 7) is 9.03. The maximum absolute atomic E-state index is 16.2. The molecule has 1 saturated carbocycles. The summed E-state index contributed by atoms with van der Waals surface area (Å²) in [7, 11) is 0. The van der Waals surface area contributed by atoms with Gasteiger partial charge in [0, 0.05) is 60.7 Å². The molecule has 0 amide bonds. The predicted molar refractivity (Wildman–Crippen MR) is 237 cm³/mol. The molecular weight excluding hydrogens is 767 g/mol. The van der Waals surface area contributed by atoms with Crippen LogP contribution in [0, 0.1) is 64.1 Å². The van der Waals surface area contributed by atoms with Gasteiger partial charge in [-0.1, -0.05) is 72.7 Å². The van der Waals surface area contributed by atoms with Gasteiger partial charge in [-0.15, -0.1) is 0 Å². The molecule has 16 bridgehead atoms. The number of nitrogens with two attached hydrogens (primary N) is 1. The van der Waals surface area contributed by atoms with Gasteiger partial charge in [0.15, 0.2) is 5.60 Å².